The van der Waals surface area contributed by atoms with Crippen LogP contribution in [-0.2, 0) is 0 Å². The molecule has 13 rings (SSSR count). The Bertz CT molecular complexity index is 4670. The van der Waals surface area contributed by atoms with Crippen molar-refractivity contribution in [1.82, 2.24) is 39.9 Å². The van der Waals surface area contributed by atoms with Gasteiger partial charge < -0.3 is 47.9 Å². The lowest BCUT2D eigenvalue weighted by Crippen LogP contribution is -1.98. The van der Waals surface area contributed by atoms with Crippen LogP contribution in [-0.4, -0.2) is 91.4 Å². The van der Waals surface area contributed by atoms with Gasteiger partial charge in [0.05, 0.1) is 50.7 Å². The van der Waals surface area contributed by atoms with Crippen molar-refractivity contribution < 1.29 is 57.1 Å². The first kappa shape index (κ1) is 55.4. The van der Waals surface area contributed by atoms with Gasteiger partial charge in [0, 0.05) is 43.8 Å². The van der Waals surface area contributed by atoms with E-state index in [9.17, 15) is 19.2 Å². The number of fused-ring (bicyclic) bond motifs is 20. The summed E-state index contributed by atoms with van der Waals surface area (Å²) in [6, 6.07) is 41.5. The van der Waals surface area contributed by atoms with Crippen LogP contribution in [0.5, 0.6) is 69.0 Å². The molecule has 88 heavy (non-hydrogen) atoms. The van der Waals surface area contributed by atoms with Crippen LogP contribution < -0.4 is 37.9 Å². The first-order valence-corrected chi connectivity index (χ1v) is 27.5. The smallest absolute Gasteiger partial charge is 0.164 e. The van der Waals surface area contributed by atoms with Crippen molar-refractivity contribution in [2.75, 3.05) is 28.4 Å². The molecule has 0 amide bonds. The highest BCUT2D eigenvalue weighted by Crippen LogP contribution is 2.43. The third kappa shape index (κ3) is 10.3. The number of hydrogen-bond donors (Lipinski definition) is 2. The maximum Gasteiger partial charge on any atom is 0.164 e. The number of methoxy groups -OCH3 is 4. The Morgan fingerprint density at radius 2 is 0.545 bits per heavy atom. The van der Waals surface area contributed by atoms with Gasteiger partial charge in [0.1, 0.15) is 91.6 Å². The SMILES string of the molecule is COc1ccc(Oc2ccc3c(c2)-c2nc-3nc3[nH]c(nc4nc(nc5[nH]c(n2)c2ccc(Oc6ccc(OC)cc6C(C)=O)cc52)-c2ccc(Oc5ccc(OC)cc5C(C)=O)cc2-4)c2ccc(Oc4ccc(OC)cc4C(C)=O)cc32)c(C(C)=O)c1. The number of aromatic nitrogens is 8. The lowest BCUT2D eigenvalue weighted by Gasteiger charge is -2.12. The summed E-state index contributed by atoms with van der Waals surface area (Å²) in [5, 5.41) is 2.34. The number of carbonyl (C=O) groups excluding carboxylic acids is 4. The minimum absolute atomic E-state index is 0.224. The van der Waals surface area contributed by atoms with Crippen molar-refractivity contribution in [3.05, 3.63) is 168 Å². The molecule has 0 atom stereocenters. The van der Waals surface area contributed by atoms with Crippen LogP contribution in [0.4, 0.5) is 0 Å². The van der Waals surface area contributed by atoms with E-state index in [1.165, 1.54) is 56.1 Å². The highest BCUT2D eigenvalue weighted by molar-refractivity contribution is 6.08. The fourth-order valence-electron chi connectivity index (χ4n) is 10.5. The number of ether oxygens (including phenoxy) is 8. The molecule has 0 saturated carbocycles. The molecule has 0 aliphatic carbocycles. The van der Waals surface area contributed by atoms with Gasteiger partial charge in [-0.1, -0.05) is 0 Å². The van der Waals surface area contributed by atoms with Gasteiger partial charge in [0.15, 0.2) is 46.4 Å². The summed E-state index contributed by atoms with van der Waals surface area (Å²) >= 11 is 0. The molecule has 2 aliphatic heterocycles. The second-order valence-corrected chi connectivity index (χ2v) is 20.5. The lowest BCUT2D eigenvalue weighted by atomic mass is 10.1. The fraction of sp³-hybridized carbons (Fsp3) is 0.118. The summed E-state index contributed by atoms with van der Waals surface area (Å²) in [5.41, 5.74) is 4.86. The molecular weight excluding hydrogens is 1120 g/mol. The van der Waals surface area contributed by atoms with Crippen molar-refractivity contribution >= 4 is 67.3 Å². The number of hydrogen-bond acceptors (Lipinski definition) is 18. The van der Waals surface area contributed by atoms with E-state index in [4.69, 9.17) is 67.8 Å². The van der Waals surface area contributed by atoms with E-state index in [1.54, 1.807) is 121 Å². The monoisotopic (exact) mass is 1170 g/mol. The van der Waals surface area contributed by atoms with Crippen LogP contribution >= 0.6 is 0 Å². The van der Waals surface area contributed by atoms with E-state index in [0.29, 0.717) is 158 Å². The Morgan fingerprint density at radius 1 is 0.284 bits per heavy atom. The zero-order chi connectivity index (χ0) is 61.1. The van der Waals surface area contributed by atoms with Gasteiger partial charge in [-0.15, -0.1) is 0 Å². The second-order valence-electron chi connectivity index (χ2n) is 20.5. The summed E-state index contributed by atoms with van der Waals surface area (Å²) in [6.45, 7) is 5.81. The predicted molar refractivity (Wildman–Crippen MR) is 328 cm³/mol. The fourth-order valence-corrected chi connectivity index (χ4v) is 10.5. The van der Waals surface area contributed by atoms with Crippen molar-refractivity contribution in [3.8, 4) is 115 Å². The van der Waals surface area contributed by atoms with Crippen LogP contribution in [0.1, 0.15) is 69.1 Å². The Balaban J connectivity index is 1.06. The number of ketones is 4. The summed E-state index contributed by atoms with van der Waals surface area (Å²) < 4.78 is 47.6. The molecule has 434 valence electrons. The lowest BCUT2D eigenvalue weighted by molar-refractivity contribution is 0.100. The first-order chi connectivity index (χ1) is 42.6. The third-order valence-electron chi connectivity index (χ3n) is 14.9. The number of nitrogens with zero attached hydrogens (tertiary/aromatic N) is 6. The van der Waals surface area contributed by atoms with E-state index >= 15 is 0 Å². The molecule has 0 saturated heterocycles. The normalized spacial score (nSPS) is 11.4. The van der Waals surface area contributed by atoms with Gasteiger partial charge in [-0.25, -0.2) is 29.9 Å². The predicted octanol–water partition coefficient (Wildman–Crippen LogP) is 14.9. The van der Waals surface area contributed by atoms with Crippen molar-refractivity contribution in [2.45, 2.75) is 27.7 Å². The van der Waals surface area contributed by atoms with Crippen LogP contribution in [0, 0.1) is 0 Å². The molecule has 0 radical (unpaired) electrons. The summed E-state index contributed by atoms with van der Waals surface area (Å²) in [7, 11) is 6.09. The average molecular weight is 1170 g/mol. The Kier molecular flexibility index (Phi) is 14.0. The van der Waals surface area contributed by atoms with Crippen molar-refractivity contribution in [2.24, 2.45) is 0 Å². The van der Waals surface area contributed by atoms with Crippen LogP contribution in [0.3, 0.4) is 0 Å². The van der Waals surface area contributed by atoms with Gasteiger partial charge >= 0.3 is 0 Å². The van der Waals surface area contributed by atoms with Gasteiger partial charge in [-0.2, -0.15) is 0 Å². The van der Waals surface area contributed by atoms with Crippen LogP contribution in [0.15, 0.2) is 146 Å². The van der Waals surface area contributed by atoms with Crippen molar-refractivity contribution in [1.29, 1.82) is 0 Å². The van der Waals surface area contributed by atoms with E-state index in [0.717, 1.165) is 0 Å². The Hall–Kier alpha value is -11.8. The standard InChI is InChI=1S/C68H50N8O12/c1-33(77)49-25-37(81-5)13-21-57(49)85-41-9-17-45-53(29-41)65-69-61(45)74-66-55-31-43(87-59-23-15-39(83-7)27-51(59)35(3)79)11-19-47(55)63(71-66)76-68-56-32-44(88-60-24-16-40(84-8)28-52(60)36(4)80)12-20-48(56)64(72-68)75-67-54-30-42(10-18-46(54)62(70-67)73-65)86-58-22-14-38(82-6)26-50(58)34(2)78/h9-32H,1-8H3,(H2,69,70,71,72,73,74,75,76). The molecule has 0 spiro atoms. The third-order valence-corrected chi connectivity index (χ3v) is 14.9. The summed E-state index contributed by atoms with van der Waals surface area (Å²) in [4.78, 5) is 90.0. The number of rotatable bonds is 16. The minimum Gasteiger partial charge on any atom is -0.497 e. The highest BCUT2D eigenvalue weighted by Gasteiger charge is 2.26. The number of H-pyrrole nitrogens is 2. The number of carbonyl (C=O) groups is 4. The van der Waals surface area contributed by atoms with Gasteiger partial charge in [-0.3, -0.25) is 19.2 Å². The van der Waals surface area contributed by atoms with E-state index < -0.39 is 0 Å². The van der Waals surface area contributed by atoms with Gasteiger partial charge in [0.25, 0.3) is 0 Å². The largest absolute Gasteiger partial charge is 0.497 e. The van der Waals surface area contributed by atoms with Crippen LogP contribution in [0.25, 0.3) is 89.7 Å². The van der Waals surface area contributed by atoms with E-state index in [1.807, 2.05) is 24.3 Å². The number of benzene rings is 8. The first-order valence-electron chi connectivity index (χ1n) is 27.5. The number of aromatic amines is 2. The minimum atomic E-state index is -0.225. The molecule has 2 N–H and O–H groups in total. The van der Waals surface area contributed by atoms with Gasteiger partial charge in [-0.05, 0) is 173 Å². The van der Waals surface area contributed by atoms with Crippen LogP contribution in [0.2, 0.25) is 0 Å². The topological polar surface area (TPSA) is 251 Å². The highest BCUT2D eigenvalue weighted by atomic mass is 16.5. The molecule has 8 aromatic carbocycles. The molecule has 0 fully saturated rings. The number of nitrogens with one attached hydrogen (secondary N) is 2. The second kappa shape index (κ2) is 22.3. The number of Topliss-reactive ketones (excluding diaryl/α,β-unsaturated/α-hetero) is 4. The molecule has 5 heterocycles. The van der Waals surface area contributed by atoms with E-state index in [-0.39, 0.29) is 46.4 Å². The van der Waals surface area contributed by atoms with E-state index in [2.05, 4.69) is 9.97 Å². The van der Waals surface area contributed by atoms with Crippen molar-refractivity contribution in [3.63, 3.8) is 0 Å². The molecule has 20 nitrogen and oxygen atoms in total. The Morgan fingerprint density at radius 3 is 0.841 bits per heavy atom. The maximum atomic E-state index is 13.0. The molecule has 0 unspecified atom stereocenters. The molecule has 3 aromatic heterocycles. The van der Waals surface area contributed by atoms with Gasteiger partial charge in [0.2, 0.25) is 0 Å². The Labute approximate surface area is 500 Å². The zero-order valence-corrected chi connectivity index (χ0v) is 48.4. The quantitative estimate of drug-likeness (QED) is 0.0853. The molecule has 8 bridgehead atoms. The summed E-state index contributed by atoms with van der Waals surface area (Å²) in [6.07, 6.45) is 0. The molecule has 11 aromatic rings. The maximum absolute atomic E-state index is 13.0. The molecule has 2 aliphatic rings. The zero-order valence-electron chi connectivity index (χ0n) is 48.4. The average Bonchev–Trinajstić information content (AvgIpc) is 1.93. The summed E-state index contributed by atoms with van der Waals surface area (Å²) in [5.74, 6) is 4.81. The molecule has 20 heteroatoms. The molecular formula is C68H50N8O12.